The molecule has 0 aliphatic rings. The highest BCUT2D eigenvalue weighted by molar-refractivity contribution is 5.97. The van der Waals surface area contributed by atoms with Crippen molar-refractivity contribution in [2.24, 2.45) is 0 Å². The zero-order chi connectivity index (χ0) is 14.4. The molecule has 1 aromatic heterocycles. The van der Waals surface area contributed by atoms with Crippen LogP contribution >= 0.6 is 0 Å². The Balaban J connectivity index is 1.97. The number of nitrogen functional groups attached to an aromatic ring is 1. The van der Waals surface area contributed by atoms with Gasteiger partial charge < -0.3 is 15.8 Å². The SMILES string of the molecule is COc1ccc(N)cc1C(=O)NCCc1cccnc1. The standard InChI is InChI=1S/C15H17N3O2/c1-20-14-5-4-12(16)9-13(14)15(19)18-8-6-11-3-2-7-17-10-11/h2-5,7,9-10H,6,8,16H2,1H3,(H,18,19). The van der Waals surface area contributed by atoms with Crippen molar-refractivity contribution in [2.75, 3.05) is 19.4 Å². The number of carbonyl (C=O) groups is 1. The van der Waals surface area contributed by atoms with Gasteiger partial charge in [0.15, 0.2) is 0 Å². The second-order valence-electron chi connectivity index (χ2n) is 4.33. The summed E-state index contributed by atoms with van der Waals surface area (Å²) in [5, 5.41) is 2.85. The molecule has 0 radical (unpaired) electrons. The van der Waals surface area contributed by atoms with Gasteiger partial charge in [-0.15, -0.1) is 0 Å². The fraction of sp³-hybridized carbons (Fsp3) is 0.200. The van der Waals surface area contributed by atoms with Gasteiger partial charge in [-0.3, -0.25) is 9.78 Å². The first kappa shape index (κ1) is 13.9. The molecule has 5 heteroatoms. The molecule has 2 aromatic rings. The van der Waals surface area contributed by atoms with Gasteiger partial charge in [0.2, 0.25) is 0 Å². The van der Waals surface area contributed by atoms with Crippen LogP contribution in [0.2, 0.25) is 0 Å². The number of nitrogens with zero attached hydrogens (tertiary/aromatic N) is 1. The molecular formula is C15H17N3O2. The van der Waals surface area contributed by atoms with Crippen LogP contribution in [0.15, 0.2) is 42.7 Å². The number of amides is 1. The molecule has 104 valence electrons. The van der Waals surface area contributed by atoms with Crippen LogP contribution in [0.1, 0.15) is 15.9 Å². The fourth-order valence-corrected chi connectivity index (χ4v) is 1.86. The van der Waals surface area contributed by atoms with Gasteiger partial charge in [-0.05, 0) is 36.2 Å². The van der Waals surface area contributed by atoms with Crippen molar-refractivity contribution in [2.45, 2.75) is 6.42 Å². The molecule has 0 unspecified atom stereocenters. The average Bonchev–Trinajstić information content (AvgIpc) is 2.48. The molecule has 0 aliphatic carbocycles. The van der Waals surface area contributed by atoms with Crippen molar-refractivity contribution in [3.8, 4) is 5.75 Å². The van der Waals surface area contributed by atoms with E-state index in [2.05, 4.69) is 10.3 Å². The maximum Gasteiger partial charge on any atom is 0.255 e. The molecule has 0 aliphatic heterocycles. The largest absolute Gasteiger partial charge is 0.496 e. The van der Waals surface area contributed by atoms with Crippen molar-refractivity contribution in [1.82, 2.24) is 10.3 Å². The number of nitrogens with two attached hydrogens (primary N) is 1. The third-order valence-electron chi connectivity index (χ3n) is 2.89. The van der Waals surface area contributed by atoms with Gasteiger partial charge in [0.05, 0.1) is 12.7 Å². The van der Waals surface area contributed by atoms with Crippen LogP contribution in [-0.2, 0) is 6.42 Å². The summed E-state index contributed by atoms with van der Waals surface area (Å²) >= 11 is 0. The van der Waals surface area contributed by atoms with E-state index in [1.165, 1.54) is 7.11 Å². The van der Waals surface area contributed by atoms with Gasteiger partial charge in [-0.2, -0.15) is 0 Å². The maximum atomic E-state index is 12.1. The Morgan fingerprint density at radius 3 is 2.95 bits per heavy atom. The number of anilines is 1. The Morgan fingerprint density at radius 2 is 2.25 bits per heavy atom. The summed E-state index contributed by atoms with van der Waals surface area (Å²) in [6.45, 7) is 0.530. The molecule has 5 nitrogen and oxygen atoms in total. The number of pyridine rings is 1. The maximum absolute atomic E-state index is 12.1. The van der Waals surface area contributed by atoms with Crippen LogP contribution in [0.3, 0.4) is 0 Å². The topological polar surface area (TPSA) is 77.2 Å². The normalized spacial score (nSPS) is 10.1. The fourth-order valence-electron chi connectivity index (χ4n) is 1.86. The van der Waals surface area contributed by atoms with Crippen LogP contribution < -0.4 is 15.8 Å². The highest BCUT2D eigenvalue weighted by atomic mass is 16.5. The highest BCUT2D eigenvalue weighted by Gasteiger charge is 2.12. The summed E-state index contributed by atoms with van der Waals surface area (Å²) in [6.07, 6.45) is 4.23. The van der Waals surface area contributed by atoms with Crippen molar-refractivity contribution < 1.29 is 9.53 Å². The van der Waals surface area contributed by atoms with Gasteiger partial charge in [-0.1, -0.05) is 6.07 Å². The van der Waals surface area contributed by atoms with Crippen molar-refractivity contribution in [3.05, 3.63) is 53.9 Å². The van der Waals surface area contributed by atoms with Crippen molar-refractivity contribution in [1.29, 1.82) is 0 Å². The number of ether oxygens (including phenoxy) is 1. The third kappa shape index (κ3) is 3.47. The zero-order valence-corrected chi connectivity index (χ0v) is 11.3. The van der Waals surface area contributed by atoms with Crippen LogP contribution in [-0.4, -0.2) is 24.5 Å². The van der Waals surface area contributed by atoms with E-state index < -0.39 is 0 Å². The molecule has 0 fully saturated rings. The lowest BCUT2D eigenvalue weighted by atomic mass is 10.1. The number of nitrogens with one attached hydrogen (secondary N) is 1. The van der Waals surface area contributed by atoms with E-state index in [4.69, 9.17) is 10.5 Å². The van der Waals surface area contributed by atoms with Crippen LogP contribution in [0.25, 0.3) is 0 Å². The Morgan fingerprint density at radius 1 is 1.40 bits per heavy atom. The summed E-state index contributed by atoms with van der Waals surface area (Å²) < 4.78 is 5.16. The van der Waals surface area contributed by atoms with E-state index in [9.17, 15) is 4.79 Å². The number of hydrogen-bond acceptors (Lipinski definition) is 4. The van der Waals surface area contributed by atoms with Gasteiger partial charge in [0.25, 0.3) is 5.91 Å². The second-order valence-corrected chi connectivity index (χ2v) is 4.33. The lowest BCUT2D eigenvalue weighted by Gasteiger charge is -2.10. The number of hydrogen-bond donors (Lipinski definition) is 2. The van der Waals surface area contributed by atoms with Gasteiger partial charge in [-0.25, -0.2) is 0 Å². The molecule has 1 aromatic carbocycles. The minimum Gasteiger partial charge on any atom is -0.496 e. The van der Waals surface area contributed by atoms with E-state index >= 15 is 0 Å². The van der Waals surface area contributed by atoms with Crippen LogP contribution in [0.5, 0.6) is 5.75 Å². The van der Waals surface area contributed by atoms with Gasteiger partial charge in [0, 0.05) is 24.6 Å². The molecule has 3 N–H and O–H groups in total. The molecule has 0 atom stereocenters. The van der Waals surface area contributed by atoms with E-state index in [0.717, 1.165) is 12.0 Å². The van der Waals surface area contributed by atoms with E-state index in [1.807, 2.05) is 12.1 Å². The van der Waals surface area contributed by atoms with Crippen LogP contribution in [0, 0.1) is 0 Å². The number of aromatic nitrogens is 1. The first-order chi connectivity index (χ1) is 9.70. The molecule has 0 saturated carbocycles. The summed E-state index contributed by atoms with van der Waals surface area (Å²) in [5.41, 5.74) is 7.75. The average molecular weight is 271 g/mol. The molecule has 20 heavy (non-hydrogen) atoms. The Hall–Kier alpha value is -2.56. The molecule has 1 heterocycles. The number of rotatable bonds is 5. The molecule has 2 rings (SSSR count). The Bertz CT molecular complexity index is 585. The van der Waals surface area contributed by atoms with Crippen molar-refractivity contribution >= 4 is 11.6 Å². The monoisotopic (exact) mass is 271 g/mol. The van der Waals surface area contributed by atoms with Gasteiger partial charge >= 0.3 is 0 Å². The second kappa shape index (κ2) is 6.56. The minimum absolute atomic E-state index is 0.196. The summed E-state index contributed by atoms with van der Waals surface area (Å²) in [6, 6.07) is 8.84. The number of methoxy groups -OCH3 is 1. The smallest absolute Gasteiger partial charge is 0.255 e. The highest BCUT2D eigenvalue weighted by Crippen LogP contribution is 2.20. The first-order valence-electron chi connectivity index (χ1n) is 6.31. The summed E-state index contributed by atoms with van der Waals surface area (Å²) in [5.74, 6) is 0.316. The van der Waals surface area contributed by atoms with E-state index in [-0.39, 0.29) is 5.91 Å². The quantitative estimate of drug-likeness (QED) is 0.810. The molecule has 0 bridgehead atoms. The molecular weight excluding hydrogens is 254 g/mol. The Kier molecular flexibility index (Phi) is 4.55. The van der Waals surface area contributed by atoms with Crippen molar-refractivity contribution in [3.63, 3.8) is 0 Å². The van der Waals surface area contributed by atoms with E-state index in [1.54, 1.807) is 30.6 Å². The number of benzene rings is 1. The summed E-state index contributed by atoms with van der Waals surface area (Å²) in [7, 11) is 1.53. The predicted molar refractivity (Wildman–Crippen MR) is 77.7 cm³/mol. The van der Waals surface area contributed by atoms with Gasteiger partial charge in [0.1, 0.15) is 5.75 Å². The first-order valence-corrected chi connectivity index (χ1v) is 6.31. The Labute approximate surface area is 117 Å². The van der Waals surface area contributed by atoms with E-state index in [0.29, 0.717) is 23.5 Å². The van der Waals surface area contributed by atoms with Crippen LogP contribution in [0.4, 0.5) is 5.69 Å². The lowest BCUT2D eigenvalue weighted by Crippen LogP contribution is -2.26. The summed E-state index contributed by atoms with van der Waals surface area (Å²) in [4.78, 5) is 16.1. The molecule has 0 spiro atoms. The molecule has 0 saturated heterocycles. The molecule has 1 amide bonds. The predicted octanol–water partition coefficient (Wildman–Crippen LogP) is 1.64. The lowest BCUT2D eigenvalue weighted by molar-refractivity contribution is 0.0951. The number of carbonyl (C=O) groups excluding carboxylic acids is 1. The minimum atomic E-state index is -0.196. The third-order valence-corrected chi connectivity index (χ3v) is 2.89. The zero-order valence-electron chi connectivity index (χ0n) is 11.3.